The van der Waals surface area contributed by atoms with E-state index in [-0.39, 0.29) is 18.4 Å². The number of likely N-dealkylation sites (N-methyl/N-ethyl adjacent to an activating group) is 1. The highest BCUT2D eigenvalue weighted by atomic mass is 19.1. The third-order valence-electron chi connectivity index (χ3n) is 2.84. The molecule has 17 heavy (non-hydrogen) atoms. The summed E-state index contributed by atoms with van der Waals surface area (Å²) in [6.07, 6.45) is 0. The molecule has 2 rings (SSSR count). The van der Waals surface area contributed by atoms with Crippen molar-refractivity contribution in [3.05, 3.63) is 35.1 Å². The van der Waals surface area contributed by atoms with Gasteiger partial charge in [0.15, 0.2) is 0 Å². The number of carbonyl (C=O) groups excluding carboxylic acids is 1. The van der Waals surface area contributed by atoms with Crippen LogP contribution < -0.4 is 0 Å². The number of hydrogen-bond donors (Lipinski definition) is 0. The lowest BCUT2D eigenvalue weighted by molar-refractivity contribution is 0.196. The molecule has 0 spiro atoms. The lowest BCUT2D eigenvalue weighted by Crippen LogP contribution is -2.29. The van der Waals surface area contributed by atoms with Gasteiger partial charge in [-0.05, 0) is 18.2 Å². The number of carbonyl (C=O) groups is 1. The van der Waals surface area contributed by atoms with E-state index in [4.69, 9.17) is 5.26 Å². The standard InChI is InChI=1S/C12H12FN3O/c1-15-4-5-16(12(15)17)8-10-6-9(7-14)2-3-11(10)13/h2-3,6H,4-5,8H2,1H3. The first-order chi connectivity index (χ1) is 8.11. The predicted molar refractivity (Wildman–Crippen MR) is 59.6 cm³/mol. The van der Waals surface area contributed by atoms with Crippen LogP contribution in [0.15, 0.2) is 18.2 Å². The van der Waals surface area contributed by atoms with Gasteiger partial charge in [0, 0.05) is 25.7 Å². The average Bonchev–Trinajstić information content (AvgIpc) is 2.64. The summed E-state index contributed by atoms with van der Waals surface area (Å²) in [5, 5.41) is 8.75. The Labute approximate surface area is 98.9 Å². The Morgan fingerprint density at radius 3 is 2.82 bits per heavy atom. The summed E-state index contributed by atoms with van der Waals surface area (Å²) in [4.78, 5) is 14.8. The molecule has 0 aliphatic carbocycles. The first kappa shape index (κ1) is 11.4. The molecular weight excluding hydrogens is 221 g/mol. The van der Waals surface area contributed by atoms with Crippen LogP contribution >= 0.6 is 0 Å². The van der Waals surface area contributed by atoms with Crippen LogP contribution in [0.1, 0.15) is 11.1 Å². The van der Waals surface area contributed by atoms with Crippen LogP contribution in [0.4, 0.5) is 9.18 Å². The molecule has 88 valence electrons. The summed E-state index contributed by atoms with van der Waals surface area (Å²) in [7, 11) is 1.71. The van der Waals surface area contributed by atoms with Crippen LogP contribution in [0.3, 0.4) is 0 Å². The maximum Gasteiger partial charge on any atom is 0.320 e. The molecule has 0 N–H and O–H groups in total. The van der Waals surface area contributed by atoms with Crippen molar-refractivity contribution in [1.29, 1.82) is 5.26 Å². The van der Waals surface area contributed by atoms with E-state index in [9.17, 15) is 9.18 Å². The summed E-state index contributed by atoms with van der Waals surface area (Å²) in [6.45, 7) is 1.45. The normalized spacial score (nSPS) is 15.2. The van der Waals surface area contributed by atoms with E-state index in [1.807, 2.05) is 6.07 Å². The average molecular weight is 233 g/mol. The van der Waals surface area contributed by atoms with Gasteiger partial charge in [0.05, 0.1) is 18.2 Å². The number of urea groups is 1. The molecule has 0 saturated carbocycles. The van der Waals surface area contributed by atoms with Crippen LogP contribution in [-0.4, -0.2) is 36.0 Å². The van der Waals surface area contributed by atoms with E-state index < -0.39 is 0 Å². The molecule has 0 unspecified atom stereocenters. The SMILES string of the molecule is CN1CCN(Cc2cc(C#N)ccc2F)C1=O. The third kappa shape index (κ3) is 2.21. The van der Waals surface area contributed by atoms with Crippen molar-refractivity contribution in [2.45, 2.75) is 6.54 Å². The van der Waals surface area contributed by atoms with E-state index in [1.165, 1.54) is 18.2 Å². The highest BCUT2D eigenvalue weighted by molar-refractivity contribution is 5.76. The van der Waals surface area contributed by atoms with Crippen molar-refractivity contribution < 1.29 is 9.18 Å². The zero-order chi connectivity index (χ0) is 12.4. The fourth-order valence-electron chi connectivity index (χ4n) is 1.82. The van der Waals surface area contributed by atoms with Gasteiger partial charge in [0.2, 0.25) is 0 Å². The van der Waals surface area contributed by atoms with Crippen LogP contribution in [0.2, 0.25) is 0 Å². The van der Waals surface area contributed by atoms with Gasteiger partial charge in [0.25, 0.3) is 0 Å². The highest BCUT2D eigenvalue weighted by Crippen LogP contribution is 2.16. The van der Waals surface area contributed by atoms with Crippen molar-refractivity contribution in [3.8, 4) is 6.07 Å². The Bertz CT molecular complexity index is 495. The minimum Gasteiger partial charge on any atom is -0.326 e. The van der Waals surface area contributed by atoms with E-state index in [0.717, 1.165) is 0 Å². The van der Waals surface area contributed by atoms with Gasteiger partial charge < -0.3 is 9.80 Å². The first-order valence-corrected chi connectivity index (χ1v) is 5.30. The number of halogens is 1. The molecule has 1 aliphatic rings. The van der Waals surface area contributed by atoms with Crippen molar-refractivity contribution in [2.24, 2.45) is 0 Å². The van der Waals surface area contributed by atoms with Gasteiger partial charge in [-0.3, -0.25) is 0 Å². The minimum absolute atomic E-state index is 0.105. The molecule has 0 radical (unpaired) electrons. The van der Waals surface area contributed by atoms with Gasteiger partial charge >= 0.3 is 6.03 Å². The lowest BCUT2D eigenvalue weighted by atomic mass is 10.1. The maximum atomic E-state index is 13.5. The predicted octanol–water partition coefficient (Wildman–Crippen LogP) is 1.56. The van der Waals surface area contributed by atoms with Gasteiger partial charge in [-0.25, -0.2) is 9.18 Å². The second-order valence-corrected chi connectivity index (χ2v) is 4.04. The Morgan fingerprint density at radius 1 is 1.47 bits per heavy atom. The molecule has 1 aliphatic heterocycles. The summed E-state index contributed by atoms with van der Waals surface area (Å²) in [5.74, 6) is -0.383. The van der Waals surface area contributed by atoms with Crippen molar-refractivity contribution >= 4 is 6.03 Å². The van der Waals surface area contributed by atoms with Crippen LogP contribution in [0.25, 0.3) is 0 Å². The van der Waals surface area contributed by atoms with Gasteiger partial charge in [0.1, 0.15) is 5.82 Å². The number of nitriles is 1. The van der Waals surface area contributed by atoms with Crippen molar-refractivity contribution in [3.63, 3.8) is 0 Å². The fourth-order valence-corrected chi connectivity index (χ4v) is 1.82. The fraction of sp³-hybridized carbons (Fsp3) is 0.333. The minimum atomic E-state index is -0.383. The summed E-state index contributed by atoms with van der Waals surface area (Å²) in [6, 6.07) is 6.03. The number of benzene rings is 1. The van der Waals surface area contributed by atoms with Crippen molar-refractivity contribution in [1.82, 2.24) is 9.80 Å². The molecule has 0 aromatic heterocycles. The topological polar surface area (TPSA) is 47.3 Å². The van der Waals surface area contributed by atoms with Crippen LogP contribution in [-0.2, 0) is 6.54 Å². The molecule has 1 heterocycles. The highest BCUT2D eigenvalue weighted by Gasteiger charge is 2.25. The molecule has 2 amide bonds. The number of hydrogen-bond acceptors (Lipinski definition) is 2. The molecule has 1 aromatic carbocycles. The van der Waals surface area contributed by atoms with E-state index in [0.29, 0.717) is 24.2 Å². The van der Waals surface area contributed by atoms with E-state index in [2.05, 4.69) is 0 Å². The Hall–Kier alpha value is -2.09. The molecule has 1 aromatic rings. The molecule has 5 heteroatoms. The summed E-state index contributed by atoms with van der Waals surface area (Å²) < 4.78 is 13.5. The molecular formula is C12H12FN3O. The maximum absolute atomic E-state index is 13.5. The molecule has 4 nitrogen and oxygen atoms in total. The van der Waals surface area contributed by atoms with Crippen LogP contribution in [0.5, 0.6) is 0 Å². The smallest absolute Gasteiger partial charge is 0.320 e. The Morgan fingerprint density at radius 2 is 2.24 bits per heavy atom. The van der Waals surface area contributed by atoms with Gasteiger partial charge in [-0.15, -0.1) is 0 Å². The largest absolute Gasteiger partial charge is 0.326 e. The van der Waals surface area contributed by atoms with Crippen LogP contribution in [0, 0.1) is 17.1 Å². The lowest BCUT2D eigenvalue weighted by Gasteiger charge is -2.16. The third-order valence-corrected chi connectivity index (χ3v) is 2.84. The Kier molecular flexibility index (Phi) is 2.96. The van der Waals surface area contributed by atoms with Crippen molar-refractivity contribution in [2.75, 3.05) is 20.1 Å². The number of amides is 2. The number of nitrogens with zero attached hydrogens (tertiary/aromatic N) is 3. The second-order valence-electron chi connectivity index (χ2n) is 4.04. The molecule has 1 saturated heterocycles. The quantitative estimate of drug-likeness (QED) is 0.778. The summed E-state index contributed by atoms with van der Waals surface area (Å²) in [5.41, 5.74) is 0.786. The zero-order valence-corrected chi connectivity index (χ0v) is 9.48. The first-order valence-electron chi connectivity index (χ1n) is 5.30. The van der Waals surface area contributed by atoms with E-state index >= 15 is 0 Å². The Balaban J connectivity index is 2.19. The molecule has 0 bridgehead atoms. The second kappa shape index (κ2) is 4.42. The number of rotatable bonds is 2. The molecule has 1 fully saturated rings. The zero-order valence-electron chi connectivity index (χ0n) is 9.48. The monoisotopic (exact) mass is 233 g/mol. The summed E-state index contributed by atoms with van der Waals surface area (Å²) >= 11 is 0. The van der Waals surface area contributed by atoms with Gasteiger partial charge in [-0.1, -0.05) is 0 Å². The van der Waals surface area contributed by atoms with E-state index in [1.54, 1.807) is 16.8 Å². The molecule has 0 atom stereocenters. The van der Waals surface area contributed by atoms with Gasteiger partial charge in [-0.2, -0.15) is 5.26 Å².